The fourth-order valence-corrected chi connectivity index (χ4v) is 1.85. The van der Waals surface area contributed by atoms with E-state index in [0.29, 0.717) is 6.04 Å². The molecule has 0 saturated heterocycles. The van der Waals surface area contributed by atoms with E-state index in [1.54, 1.807) is 0 Å². The highest BCUT2D eigenvalue weighted by Crippen LogP contribution is 2.19. The molecule has 1 N–H and O–H groups in total. The molecule has 0 atom stereocenters. The van der Waals surface area contributed by atoms with Crippen LogP contribution in [0.15, 0.2) is 12.1 Å². The molecule has 1 aromatic carbocycles. The molecule has 0 radical (unpaired) electrons. The third-order valence-electron chi connectivity index (χ3n) is 2.35. The monoisotopic (exact) mass is 211 g/mol. The van der Waals surface area contributed by atoms with Crippen molar-refractivity contribution in [2.75, 3.05) is 0 Å². The van der Waals surface area contributed by atoms with Crippen molar-refractivity contribution in [2.45, 2.75) is 40.3 Å². The molecule has 0 aliphatic rings. The number of hydrogen-bond donors (Lipinski definition) is 1. The zero-order chi connectivity index (χ0) is 10.7. The Hall–Kier alpha value is -0.530. The molecule has 0 unspecified atom stereocenters. The van der Waals surface area contributed by atoms with E-state index in [-0.39, 0.29) is 0 Å². The Labute approximate surface area is 91.5 Å². The van der Waals surface area contributed by atoms with Crippen LogP contribution in [0.4, 0.5) is 0 Å². The molecule has 0 aromatic heterocycles. The third-order valence-corrected chi connectivity index (χ3v) is 2.57. The van der Waals surface area contributed by atoms with Gasteiger partial charge in [-0.05, 0) is 42.7 Å². The lowest BCUT2D eigenvalue weighted by molar-refractivity contribution is 0.586. The second-order valence-corrected chi connectivity index (χ2v) is 4.49. The van der Waals surface area contributed by atoms with E-state index in [1.165, 1.54) is 16.7 Å². The molecule has 1 rings (SSSR count). The van der Waals surface area contributed by atoms with E-state index in [2.05, 4.69) is 33.0 Å². The lowest BCUT2D eigenvalue weighted by Crippen LogP contribution is -2.22. The average Bonchev–Trinajstić information content (AvgIpc) is 2.01. The first-order valence-electron chi connectivity index (χ1n) is 4.99. The standard InChI is InChI=1S/C12H18ClN/c1-8(2)14-7-12-9(3)5-11(13)6-10(12)4/h5-6,8,14H,7H2,1-4H3. The van der Waals surface area contributed by atoms with Gasteiger partial charge in [0.1, 0.15) is 0 Å². The SMILES string of the molecule is Cc1cc(Cl)cc(C)c1CNC(C)C. The molecule has 0 fully saturated rings. The first-order chi connectivity index (χ1) is 6.50. The van der Waals surface area contributed by atoms with Crippen molar-refractivity contribution < 1.29 is 0 Å². The molecule has 1 nitrogen and oxygen atoms in total. The van der Waals surface area contributed by atoms with Gasteiger partial charge in [-0.3, -0.25) is 0 Å². The zero-order valence-electron chi connectivity index (χ0n) is 9.32. The van der Waals surface area contributed by atoms with E-state index in [1.807, 2.05) is 12.1 Å². The van der Waals surface area contributed by atoms with Gasteiger partial charge in [0.2, 0.25) is 0 Å². The lowest BCUT2D eigenvalue weighted by Gasteiger charge is -2.13. The second kappa shape index (κ2) is 4.81. The molecule has 0 spiro atoms. The van der Waals surface area contributed by atoms with Crippen LogP contribution in [-0.4, -0.2) is 6.04 Å². The minimum Gasteiger partial charge on any atom is -0.310 e. The number of hydrogen-bond acceptors (Lipinski definition) is 1. The van der Waals surface area contributed by atoms with Gasteiger partial charge < -0.3 is 5.32 Å². The number of aryl methyl sites for hydroxylation is 2. The van der Waals surface area contributed by atoms with Gasteiger partial charge in [-0.1, -0.05) is 25.4 Å². The molecule has 14 heavy (non-hydrogen) atoms. The second-order valence-electron chi connectivity index (χ2n) is 4.05. The molecule has 1 aromatic rings. The van der Waals surface area contributed by atoms with Crippen LogP contribution in [0.25, 0.3) is 0 Å². The van der Waals surface area contributed by atoms with Gasteiger partial charge in [0.05, 0.1) is 0 Å². The van der Waals surface area contributed by atoms with Crippen molar-refractivity contribution in [3.63, 3.8) is 0 Å². The maximum Gasteiger partial charge on any atom is 0.0411 e. The smallest absolute Gasteiger partial charge is 0.0411 e. The Kier molecular flexibility index (Phi) is 3.97. The Morgan fingerprint density at radius 1 is 1.21 bits per heavy atom. The molecule has 0 amide bonds. The molecule has 2 heteroatoms. The van der Waals surface area contributed by atoms with Gasteiger partial charge >= 0.3 is 0 Å². The molecular weight excluding hydrogens is 194 g/mol. The van der Waals surface area contributed by atoms with Crippen LogP contribution in [-0.2, 0) is 6.54 Å². The van der Waals surface area contributed by atoms with Crippen molar-refractivity contribution in [3.05, 3.63) is 33.8 Å². The van der Waals surface area contributed by atoms with Crippen molar-refractivity contribution in [2.24, 2.45) is 0 Å². The van der Waals surface area contributed by atoms with Gasteiger partial charge in [0, 0.05) is 17.6 Å². The summed E-state index contributed by atoms with van der Waals surface area (Å²) in [6.07, 6.45) is 0. The fourth-order valence-electron chi connectivity index (χ4n) is 1.53. The lowest BCUT2D eigenvalue weighted by atomic mass is 10.0. The summed E-state index contributed by atoms with van der Waals surface area (Å²) in [4.78, 5) is 0. The minimum atomic E-state index is 0.518. The van der Waals surface area contributed by atoms with Crippen molar-refractivity contribution in [1.82, 2.24) is 5.32 Å². The normalized spacial score (nSPS) is 11.0. The fraction of sp³-hybridized carbons (Fsp3) is 0.500. The Bertz CT molecular complexity index is 295. The summed E-state index contributed by atoms with van der Waals surface area (Å²) >= 11 is 5.96. The summed E-state index contributed by atoms with van der Waals surface area (Å²) in [6, 6.07) is 4.56. The average molecular weight is 212 g/mol. The van der Waals surface area contributed by atoms with Crippen LogP contribution in [0.3, 0.4) is 0 Å². The van der Waals surface area contributed by atoms with Gasteiger partial charge in [-0.2, -0.15) is 0 Å². The van der Waals surface area contributed by atoms with E-state index in [4.69, 9.17) is 11.6 Å². The molecular formula is C12H18ClN. The van der Waals surface area contributed by atoms with Gasteiger partial charge in [0.25, 0.3) is 0 Å². The zero-order valence-corrected chi connectivity index (χ0v) is 10.1. The van der Waals surface area contributed by atoms with Crippen LogP contribution in [0.5, 0.6) is 0 Å². The van der Waals surface area contributed by atoms with Crippen LogP contribution in [0.2, 0.25) is 5.02 Å². The summed E-state index contributed by atoms with van der Waals surface area (Å²) in [6.45, 7) is 9.44. The first kappa shape index (κ1) is 11.5. The third kappa shape index (κ3) is 3.00. The minimum absolute atomic E-state index is 0.518. The van der Waals surface area contributed by atoms with E-state index < -0.39 is 0 Å². The molecule has 0 bridgehead atoms. The van der Waals surface area contributed by atoms with Gasteiger partial charge in [-0.15, -0.1) is 0 Å². The number of halogens is 1. The molecule has 0 saturated carbocycles. The molecule has 78 valence electrons. The Morgan fingerprint density at radius 3 is 2.14 bits per heavy atom. The van der Waals surface area contributed by atoms with Gasteiger partial charge in [-0.25, -0.2) is 0 Å². The predicted octanol–water partition coefficient (Wildman–Crippen LogP) is 3.45. The predicted molar refractivity (Wildman–Crippen MR) is 62.9 cm³/mol. The van der Waals surface area contributed by atoms with Gasteiger partial charge in [0.15, 0.2) is 0 Å². The summed E-state index contributed by atoms with van der Waals surface area (Å²) in [5.41, 5.74) is 3.90. The Morgan fingerprint density at radius 2 is 1.71 bits per heavy atom. The molecule has 0 aliphatic heterocycles. The highest BCUT2D eigenvalue weighted by molar-refractivity contribution is 6.30. The quantitative estimate of drug-likeness (QED) is 0.808. The summed E-state index contributed by atoms with van der Waals surface area (Å²) in [5.74, 6) is 0. The highest BCUT2D eigenvalue weighted by atomic mass is 35.5. The maximum atomic E-state index is 5.96. The topological polar surface area (TPSA) is 12.0 Å². The number of benzene rings is 1. The van der Waals surface area contributed by atoms with Crippen molar-refractivity contribution in [1.29, 1.82) is 0 Å². The van der Waals surface area contributed by atoms with Crippen LogP contribution in [0.1, 0.15) is 30.5 Å². The highest BCUT2D eigenvalue weighted by Gasteiger charge is 2.04. The first-order valence-corrected chi connectivity index (χ1v) is 5.37. The van der Waals surface area contributed by atoms with E-state index >= 15 is 0 Å². The number of nitrogens with one attached hydrogen (secondary N) is 1. The Balaban J connectivity index is 2.86. The van der Waals surface area contributed by atoms with Crippen LogP contribution >= 0.6 is 11.6 Å². The summed E-state index contributed by atoms with van der Waals surface area (Å²) in [7, 11) is 0. The van der Waals surface area contributed by atoms with Crippen molar-refractivity contribution in [3.8, 4) is 0 Å². The molecule has 0 heterocycles. The van der Waals surface area contributed by atoms with Crippen LogP contribution < -0.4 is 5.32 Å². The number of rotatable bonds is 3. The van der Waals surface area contributed by atoms with Crippen LogP contribution in [0, 0.1) is 13.8 Å². The largest absolute Gasteiger partial charge is 0.310 e. The summed E-state index contributed by atoms with van der Waals surface area (Å²) in [5, 5.41) is 4.25. The van der Waals surface area contributed by atoms with E-state index in [0.717, 1.165) is 11.6 Å². The summed E-state index contributed by atoms with van der Waals surface area (Å²) < 4.78 is 0. The maximum absolute atomic E-state index is 5.96. The molecule has 0 aliphatic carbocycles. The van der Waals surface area contributed by atoms with Crippen molar-refractivity contribution >= 4 is 11.6 Å². The van der Waals surface area contributed by atoms with E-state index in [9.17, 15) is 0 Å².